The average molecular weight is 180 g/mol. The van der Waals surface area contributed by atoms with E-state index in [1.807, 2.05) is 5.38 Å². The maximum Gasteiger partial charge on any atom is 0.184 e. The van der Waals surface area contributed by atoms with Crippen molar-refractivity contribution in [1.82, 2.24) is 20.2 Å². The molecule has 5 heteroatoms. The highest BCUT2D eigenvalue weighted by Crippen LogP contribution is 2.19. The number of nitrogens with zero attached hydrogens (tertiary/aromatic N) is 3. The molecule has 2 aromatic rings. The quantitative estimate of drug-likeness (QED) is 0.761. The van der Waals surface area contributed by atoms with Crippen LogP contribution >= 0.6 is 11.3 Å². The summed E-state index contributed by atoms with van der Waals surface area (Å²) in [7, 11) is 0. The summed E-state index contributed by atoms with van der Waals surface area (Å²) >= 11 is 1.59. The largest absolute Gasteiger partial charge is 0.257 e. The number of hydrogen-bond acceptors (Lipinski definition) is 4. The fourth-order valence-electron chi connectivity index (χ4n) is 0.887. The molecule has 0 radical (unpaired) electrons. The predicted octanol–water partition coefficient (Wildman–Crippen LogP) is 1.49. The van der Waals surface area contributed by atoms with Gasteiger partial charge in [0.05, 0.1) is 5.69 Å². The summed E-state index contributed by atoms with van der Waals surface area (Å²) in [6, 6.07) is 0. The molecule has 1 N–H and O–H groups in total. The minimum Gasteiger partial charge on any atom is -0.257 e. The Kier molecular flexibility index (Phi) is 1.87. The lowest BCUT2D eigenvalue weighted by atomic mass is 10.4. The second kappa shape index (κ2) is 3.02. The van der Waals surface area contributed by atoms with Crippen LogP contribution in [-0.2, 0) is 6.42 Å². The molecule has 0 aliphatic heterocycles. The van der Waals surface area contributed by atoms with E-state index in [0.717, 1.165) is 22.9 Å². The van der Waals surface area contributed by atoms with Gasteiger partial charge in [0.1, 0.15) is 6.33 Å². The van der Waals surface area contributed by atoms with Gasteiger partial charge in [-0.05, 0) is 6.42 Å². The predicted molar refractivity (Wildman–Crippen MR) is 46.9 cm³/mol. The number of aromatic nitrogens is 4. The van der Waals surface area contributed by atoms with Crippen molar-refractivity contribution in [3.05, 3.63) is 17.4 Å². The van der Waals surface area contributed by atoms with Gasteiger partial charge in [-0.1, -0.05) is 6.92 Å². The molecule has 62 valence electrons. The molecule has 0 saturated heterocycles. The van der Waals surface area contributed by atoms with Crippen molar-refractivity contribution >= 4 is 11.3 Å². The van der Waals surface area contributed by atoms with Crippen molar-refractivity contribution in [2.45, 2.75) is 13.3 Å². The van der Waals surface area contributed by atoms with Gasteiger partial charge in [0.15, 0.2) is 10.8 Å². The molecule has 0 unspecified atom stereocenters. The van der Waals surface area contributed by atoms with E-state index in [0.29, 0.717) is 0 Å². The number of rotatable bonds is 2. The van der Waals surface area contributed by atoms with Crippen molar-refractivity contribution in [3.8, 4) is 10.8 Å². The third-order valence-corrected chi connectivity index (χ3v) is 2.43. The maximum atomic E-state index is 4.36. The lowest BCUT2D eigenvalue weighted by molar-refractivity contribution is 1.05. The minimum atomic E-state index is 0.750. The molecule has 0 amide bonds. The summed E-state index contributed by atoms with van der Waals surface area (Å²) < 4.78 is 0. The number of thiazole rings is 1. The Morgan fingerprint density at radius 2 is 2.50 bits per heavy atom. The van der Waals surface area contributed by atoms with Crippen LogP contribution in [0.2, 0.25) is 0 Å². The number of H-pyrrole nitrogens is 1. The van der Waals surface area contributed by atoms with E-state index in [1.54, 1.807) is 11.3 Å². The molecule has 2 aromatic heterocycles. The highest BCUT2D eigenvalue weighted by Gasteiger charge is 2.04. The van der Waals surface area contributed by atoms with E-state index >= 15 is 0 Å². The Balaban J connectivity index is 2.35. The van der Waals surface area contributed by atoms with Gasteiger partial charge in [-0.15, -0.1) is 11.3 Å². The van der Waals surface area contributed by atoms with Gasteiger partial charge in [-0.3, -0.25) is 5.10 Å². The van der Waals surface area contributed by atoms with Gasteiger partial charge in [0.2, 0.25) is 0 Å². The van der Waals surface area contributed by atoms with Gasteiger partial charge < -0.3 is 0 Å². The van der Waals surface area contributed by atoms with Gasteiger partial charge >= 0.3 is 0 Å². The lowest BCUT2D eigenvalue weighted by Crippen LogP contribution is -1.81. The normalized spacial score (nSPS) is 10.4. The zero-order chi connectivity index (χ0) is 8.39. The van der Waals surface area contributed by atoms with Crippen LogP contribution < -0.4 is 0 Å². The number of hydrogen-bond donors (Lipinski definition) is 1. The summed E-state index contributed by atoms with van der Waals surface area (Å²) in [5, 5.41) is 9.49. The fourth-order valence-corrected chi connectivity index (χ4v) is 1.73. The first-order chi connectivity index (χ1) is 5.90. The van der Waals surface area contributed by atoms with E-state index in [4.69, 9.17) is 0 Å². The fraction of sp³-hybridized carbons (Fsp3) is 0.286. The second-order valence-electron chi connectivity index (χ2n) is 2.33. The van der Waals surface area contributed by atoms with Crippen molar-refractivity contribution in [3.63, 3.8) is 0 Å². The van der Waals surface area contributed by atoms with Gasteiger partial charge in [0.25, 0.3) is 0 Å². The molecule has 0 aliphatic carbocycles. The van der Waals surface area contributed by atoms with E-state index < -0.39 is 0 Å². The summed E-state index contributed by atoms with van der Waals surface area (Å²) in [4.78, 5) is 8.37. The first kappa shape index (κ1) is 7.42. The molecule has 0 spiro atoms. The molecule has 0 fully saturated rings. The van der Waals surface area contributed by atoms with E-state index in [-0.39, 0.29) is 0 Å². The smallest absolute Gasteiger partial charge is 0.184 e. The van der Waals surface area contributed by atoms with Crippen LogP contribution in [0.15, 0.2) is 11.7 Å². The number of aryl methyl sites for hydroxylation is 1. The van der Waals surface area contributed by atoms with Crippen LogP contribution in [0.3, 0.4) is 0 Å². The molecule has 2 heterocycles. The summed E-state index contributed by atoms with van der Waals surface area (Å²) in [5.74, 6) is 0.750. The third-order valence-electron chi connectivity index (χ3n) is 1.53. The van der Waals surface area contributed by atoms with Crippen LogP contribution in [-0.4, -0.2) is 20.2 Å². The Hall–Kier alpha value is -1.23. The lowest BCUT2D eigenvalue weighted by Gasteiger charge is -1.85. The van der Waals surface area contributed by atoms with Crippen molar-refractivity contribution in [2.75, 3.05) is 0 Å². The average Bonchev–Trinajstić information content (AvgIpc) is 2.75. The molecule has 4 nitrogen and oxygen atoms in total. The number of nitrogens with one attached hydrogen (secondary N) is 1. The SMILES string of the molecule is CCc1csc(-c2ncn[nH]2)n1. The van der Waals surface area contributed by atoms with Crippen molar-refractivity contribution in [2.24, 2.45) is 0 Å². The molecular weight excluding hydrogens is 172 g/mol. The Bertz CT molecular complexity index is 351. The van der Waals surface area contributed by atoms with Gasteiger partial charge in [-0.25, -0.2) is 9.97 Å². The van der Waals surface area contributed by atoms with Crippen LogP contribution in [0.5, 0.6) is 0 Å². The first-order valence-electron chi connectivity index (χ1n) is 3.70. The van der Waals surface area contributed by atoms with Crippen LogP contribution in [0.25, 0.3) is 10.8 Å². The summed E-state index contributed by atoms with van der Waals surface area (Å²) in [6.45, 7) is 2.08. The van der Waals surface area contributed by atoms with Gasteiger partial charge in [-0.2, -0.15) is 5.10 Å². The molecule has 12 heavy (non-hydrogen) atoms. The Morgan fingerprint density at radius 3 is 3.08 bits per heavy atom. The zero-order valence-corrected chi connectivity index (χ0v) is 7.43. The van der Waals surface area contributed by atoms with Crippen LogP contribution in [0.1, 0.15) is 12.6 Å². The summed E-state index contributed by atoms with van der Waals surface area (Å²) in [5.41, 5.74) is 1.10. The molecule has 2 rings (SSSR count). The highest BCUT2D eigenvalue weighted by molar-refractivity contribution is 7.13. The van der Waals surface area contributed by atoms with Crippen molar-refractivity contribution in [1.29, 1.82) is 0 Å². The maximum absolute atomic E-state index is 4.36. The Labute approximate surface area is 73.7 Å². The number of aromatic amines is 1. The Morgan fingerprint density at radius 1 is 1.58 bits per heavy atom. The molecule has 0 bridgehead atoms. The van der Waals surface area contributed by atoms with E-state index in [1.165, 1.54) is 6.33 Å². The second-order valence-corrected chi connectivity index (χ2v) is 3.19. The van der Waals surface area contributed by atoms with E-state index in [2.05, 4.69) is 27.1 Å². The third kappa shape index (κ3) is 1.23. The van der Waals surface area contributed by atoms with E-state index in [9.17, 15) is 0 Å². The molecule has 0 aliphatic rings. The molecular formula is C7H8N4S. The monoisotopic (exact) mass is 180 g/mol. The summed E-state index contributed by atoms with van der Waals surface area (Å²) in [6.07, 6.45) is 2.45. The zero-order valence-electron chi connectivity index (χ0n) is 6.61. The highest BCUT2D eigenvalue weighted by atomic mass is 32.1. The van der Waals surface area contributed by atoms with Crippen LogP contribution in [0, 0.1) is 0 Å². The molecule has 0 aromatic carbocycles. The minimum absolute atomic E-state index is 0.750. The van der Waals surface area contributed by atoms with Crippen molar-refractivity contribution < 1.29 is 0 Å². The molecule has 0 atom stereocenters. The topological polar surface area (TPSA) is 54.5 Å². The van der Waals surface area contributed by atoms with Crippen LogP contribution in [0.4, 0.5) is 0 Å². The standard InChI is InChI=1S/C7H8N4S/c1-2-5-3-12-7(10-5)6-8-4-9-11-6/h3-4H,2H2,1H3,(H,8,9,11). The molecule has 0 saturated carbocycles. The first-order valence-corrected chi connectivity index (χ1v) is 4.58. The van der Waals surface area contributed by atoms with Gasteiger partial charge in [0, 0.05) is 5.38 Å².